The van der Waals surface area contributed by atoms with Crippen LogP contribution in [0, 0.1) is 0 Å². The molecule has 0 radical (unpaired) electrons. The summed E-state index contributed by atoms with van der Waals surface area (Å²) in [5.41, 5.74) is 1.97. The number of hydrogen-bond acceptors (Lipinski definition) is 4. The molecule has 0 saturated carbocycles. The van der Waals surface area contributed by atoms with Crippen LogP contribution in [0.5, 0.6) is 17.4 Å². The molecule has 106 valence electrons. The lowest BCUT2D eigenvalue weighted by Crippen LogP contribution is -1.98. The molecule has 0 atom stereocenters. The van der Waals surface area contributed by atoms with E-state index >= 15 is 0 Å². The monoisotopic (exact) mass is 292 g/mol. The third kappa shape index (κ3) is 3.02. The molecule has 1 aromatic heterocycles. The van der Waals surface area contributed by atoms with Gasteiger partial charge in [-0.1, -0.05) is 31.5 Å². The highest BCUT2D eigenvalue weighted by molar-refractivity contribution is 6.30. The molecule has 0 aliphatic heterocycles. The van der Waals surface area contributed by atoms with Crippen molar-refractivity contribution < 1.29 is 9.47 Å². The quantitative estimate of drug-likeness (QED) is 0.780. The van der Waals surface area contributed by atoms with E-state index < -0.39 is 0 Å². The summed E-state index contributed by atoms with van der Waals surface area (Å²) in [7, 11) is 1.62. The van der Waals surface area contributed by atoms with E-state index in [0.29, 0.717) is 29.0 Å². The van der Waals surface area contributed by atoms with Crippen molar-refractivity contribution in [2.45, 2.75) is 26.7 Å². The first-order valence-electron chi connectivity index (χ1n) is 6.53. The normalized spacial score (nSPS) is 10.4. The van der Waals surface area contributed by atoms with E-state index in [1.54, 1.807) is 7.11 Å². The standard InChI is InChI=1S/C15H17ClN2O2/c1-4-10-6-7-12(13(8-10)19-3)20-15-11(5-2)14(16)17-9-18-15/h6-9H,4-5H2,1-3H3. The van der Waals surface area contributed by atoms with Crippen molar-refractivity contribution in [2.24, 2.45) is 0 Å². The predicted octanol–water partition coefficient (Wildman–Crippen LogP) is 4.06. The Morgan fingerprint density at radius 3 is 2.55 bits per heavy atom. The van der Waals surface area contributed by atoms with Crippen molar-refractivity contribution in [3.05, 3.63) is 40.8 Å². The predicted molar refractivity (Wildman–Crippen MR) is 78.9 cm³/mol. The van der Waals surface area contributed by atoms with E-state index in [1.165, 1.54) is 11.9 Å². The Morgan fingerprint density at radius 1 is 1.10 bits per heavy atom. The summed E-state index contributed by atoms with van der Waals surface area (Å²) in [5, 5.41) is 0.418. The van der Waals surface area contributed by atoms with Crippen LogP contribution in [0.3, 0.4) is 0 Å². The van der Waals surface area contributed by atoms with Crippen LogP contribution in [-0.2, 0) is 12.8 Å². The molecule has 1 heterocycles. The van der Waals surface area contributed by atoms with E-state index in [4.69, 9.17) is 21.1 Å². The zero-order valence-corrected chi connectivity index (χ0v) is 12.6. The number of ether oxygens (including phenoxy) is 2. The van der Waals surface area contributed by atoms with Gasteiger partial charge in [-0.05, 0) is 30.5 Å². The highest BCUT2D eigenvalue weighted by Crippen LogP contribution is 2.34. The first-order chi connectivity index (χ1) is 9.69. The summed E-state index contributed by atoms with van der Waals surface area (Å²) < 4.78 is 11.2. The van der Waals surface area contributed by atoms with E-state index in [0.717, 1.165) is 12.0 Å². The van der Waals surface area contributed by atoms with Gasteiger partial charge in [0.05, 0.1) is 12.7 Å². The lowest BCUT2D eigenvalue weighted by atomic mass is 10.1. The molecule has 2 rings (SSSR count). The highest BCUT2D eigenvalue weighted by Gasteiger charge is 2.13. The first-order valence-corrected chi connectivity index (χ1v) is 6.91. The second-order valence-corrected chi connectivity index (χ2v) is 4.60. The fourth-order valence-corrected chi connectivity index (χ4v) is 2.14. The molecule has 0 fully saturated rings. The fourth-order valence-electron chi connectivity index (χ4n) is 1.88. The number of rotatable bonds is 5. The van der Waals surface area contributed by atoms with Crippen LogP contribution in [0.25, 0.3) is 0 Å². The molecule has 2 aromatic rings. The highest BCUT2D eigenvalue weighted by atomic mass is 35.5. The van der Waals surface area contributed by atoms with Gasteiger partial charge in [-0.25, -0.2) is 9.97 Å². The molecule has 0 saturated heterocycles. The van der Waals surface area contributed by atoms with Crippen molar-refractivity contribution in [2.75, 3.05) is 7.11 Å². The molecular weight excluding hydrogens is 276 g/mol. The summed E-state index contributed by atoms with van der Waals surface area (Å²) in [6, 6.07) is 5.85. The molecule has 0 spiro atoms. The van der Waals surface area contributed by atoms with Gasteiger partial charge in [0.1, 0.15) is 11.5 Å². The lowest BCUT2D eigenvalue weighted by Gasteiger charge is -2.13. The molecule has 0 bridgehead atoms. The van der Waals surface area contributed by atoms with Crippen LogP contribution in [0.4, 0.5) is 0 Å². The number of nitrogens with zero attached hydrogens (tertiary/aromatic N) is 2. The van der Waals surface area contributed by atoms with Gasteiger partial charge in [0.15, 0.2) is 11.5 Å². The molecule has 0 aliphatic carbocycles. The molecule has 20 heavy (non-hydrogen) atoms. The second kappa shape index (κ2) is 6.57. The molecule has 5 heteroatoms. The maximum atomic E-state index is 6.05. The van der Waals surface area contributed by atoms with E-state index in [9.17, 15) is 0 Å². The zero-order valence-electron chi connectivity index (χ0n) is 11.8. The maximum absolute atomic E-state index is 6.05. The van der Waals surface area contributed by atoms with Gasteiger partial charge in [0.25, 0.3) is 0 Å². The van der Waals surface area contributed by atoms with Gasteiger partial charge >= 0.3 is 0 Å². The smallest absolute Gasteiger partial charge is 0.227 e. The minimum Gasteiger partial charge on any atom is -0.493 e. The molecule has 4 nitrogen and oxygen atoms in total. The van der Waals surface area contributed by atoms with E-state index in [1.807, 2.05) is 25.1 Å². The summed E-state index contributed by atoms with van der Waals surface area (Å²) in [6.07, 6.45) is 3.03. The Balaban J connectivity index is 2.37. The number of methoxy groups -OCH3 is 1. The van der Waals surface area contributed by atoms with E-state index in [2.05, 4.69) is 16.9 Å². The number of aromatic nitrogens is 2. The molecule has 0 N–H and O–H groups in total. The fraction of sp³-hybridized carbons (Fsp3) is 0.333. The Kier molecular flexibility index (Phi) is 4.79. The van der Waals surface area contributed by atoms with Crippen molar-refractivity contribution in [3.63, 3.8) is 0 Å². The molecule has 0 amide bonds. The Labute approximate surface area is 123 Å². The van der Waals surface area contributed by atoms with Crippen molar-refractivity contribution >= 4 is 11.6 Å². The summed E-state index contributed by atoms with van der Waals surface area (Å²) in [6.45, 7) is 4.07. The maximum Gasteiger partial charge on any atom is 0.227 e. The summed E-state index contributed by atoms with van der Waals surface area (Å²) >= 11 is 6.05. The minimum absolute atomic E-state index is 0.418. The number of halogens is 1. The third-order valence-electron chi connectivity index (χ3n) is 3.05. The topological polar surface area (TPSA) is 44.2 Å². The molecule has 1 aromatic carbocycles. The van der Waals surface area contributed by atoms with Crippen LogP contribution in [-0.4, -0.2) is 17.1 Å². The van der Waals surface area contributed by atoms with Crippen molar-refractivity contribution in [1.82, 2.24) is 9.97 Å². The molecule has 0 unspecified atom stereocenters. The Morgan fingerprint density at radius 2 is 1.90 bits per heavy atom. The number of aryl methyl sites for hydroxylation is 1. The van der Waals surface area contributed by atoms with Crippen LogP contribution in [0.1, 0.15) is 25.0 Å². The van der Waals surface area contributed by atoms with Gasteiger partial charge in [-0.15, -0.1) is 0 Å². The first kappa shape index (κ1) is 14.6. The van der Waals surface area contributed by atoms with E-state index in [-0.39, 0.29) is 0 Å². The van der Waals surface area contributed by atoms with Crippen molar-refractivity contribution in [3.8, 4) is 17.4 Å². The van der Waals surface area contributed by atoms with Gasteiger partial charge in [0.2, 0.25) is 5.88 Å². The minimum atomic E-state index is 0.418. The summed E-state index contributed by atoms with van der Waals surface area (Å²) in [4.78, 5) is 8.12. The molecular formula is C15H17ClN2O2. The Bertz CT molecular complexity index is 602. The zero-order chi connectivity index (χ0) is 14.5. The van der Waals surface area contributed by atoms with Crippen LogP contribution >= 0.6 is 11.6 Å². The lowest BCUT2D eigenvalue weighted by molar-refractivity contribution is 0.372. The van der Waals surface area contributed by atoms with Crippen LogP contribution in [0.2, 0.25) is 5.15 Å². The number of benzene rings is 1. The SMILES string of the molecule is CCc1ccc(Oc2ncnc(Cl)c2CC)c(OC)c1. The summed E-state index contributed by atoms with van der Waals surface area (Å²) in [5.74, 6) is 1.77. The Hall–Kier alpha value is -1.81. The van der Waals surface area contributed by atoms with Gasteiger partial charge in [-0.2, -0.15) is 0 Å². The third-order valence-corrected chi connectivity index (χ3v) is 3.38. The van der Waals surface area contributed by atoms with Crippen LogP contribution < -0.4 is 9.47 Å². The van der Waals surface area contributed by atoms with Gasteiger partial charge < -0.3 is 9.47 Å². The van der Waals surface area contributed by atoms with Gasteiger partial charge in [-0.3, -0.25) is 0 Å². The number of hydrogen-bond donors (Lipinski definition) is 0. The largest absolute Gasteiger partial charge is 0.493 e. The average Bonchev–Trinajstić information content (AvgIpc) is 2.48. The average molecular weight is 293 g/mol. The van der Waals surface area contributed by atoms with Gasteiger partial charge in [0, 0.05) is 0 Å². The molecule has 0 aliphatic rings. The van der Waals surface area contributed by atoms with Crippen LogP contribution in [0.15, 0.2) is 24.5 Å². The van der Waals surface area contributed by atoms with Crippen molar-refractivity contribution in [1.29, 1.82) is 0 Å². The second-order valence-electron chi connectivity index (χ2n) is 4.24.